The first-order valence-corrected chi connectivity index (χ1v) is 5.82. The smallest absolute Gasteiger partial charge is 0.121 e. The first-order valence-electron chi connectivity index (χ1n) is 5.82. The maximum absolute atomic E-state index is 5.30. The Kier molecular flexibility index (Phi) is 3.66. The molecule has 0 aromatic heterocycles. The van der Waals surface area contributed by atoms with Crippen LogP contribution in [-0.2, 0) is 6.42 Å². The Balaban J connectivity index is 2.26. The number of para-hydroxylation sites is 1. The van der Waals surface area contributed by atoms with E-state index in [-0.39, 0.29) is 0 Å². The van der Waals surface area contributed by atoms with Crippen molar-refractivity contribution in [2.75, 3.05) is 12.4 Å². The zero-order valence-electron chi connectivity index (χ0n) is 10.2. The van der Waals surface area contributed by atoms with Crippen molar-refractivity contribution < 1.29 is 4.74 Å². The Morgan fingerprint density at radius 1 is 1.00 bits per heavy atom. The number of ether oxygens (including phenoxy) is 1. The SMILES string of the molecule is CCc1cc(Nc2ccccc2)cc(OC)c1. The monoisotopic (exact) mass is 227 g/mol. The predicted octanol–water partition coefficient (Wildman–Crippen LogP) is 4.00. The molecule has 0 fully saturated rings. The maximum atomic E-state index is 5.30. The van der Waals surface area contributed by atoms with Crippen LogP contribution in [0.4, 0.5) is 11.4 Å². The summed E-state index contributed by atoms with van der Waals surface area (Å²) in [6, 6.07) is 16.4. The minimum Gasteiger partial charge on any atom is -0.497 e. The number of rotatable bonds is 4. The van der Waals surface area contributed by atoms with Gasteiger partial charge in [0.2, 0.25) is 0 Å². The number of nitrogens with one attached hydrogen (secondary N) is 1. The van der Waals surface area contributed by atoms with Crippen LogP contribution >= 0.6 is 0 Å². The fourth-order valence-corrected chi connectivity index (χ4v) is 1.74. The van der Waals surface area contributed by atoms with Crippen molar-refractivity contribution in [3.8, 4) is 5.75 Å². The van der Waals surface area contributed by atoms with Gasteiger partial charge in [0, 0.05) is 17.4 Å². The third-order valence-corrected chi connectivity index (χ3v) is 2.67. The van der Waals surface area contributed by atoms with Crippen molar-refractivity contribution in [2.24, 2.45) is 0 Å². The molecule has 0 aliphatic heterocycles. The summed E-state index contributed by atoms with van der Waals surface area (Å²) in [4.78, 5) is 0. The third kappa shape index (κ3) is 3.00. The molecule has 0 saturated carbocycles. The highest BCUT2D eigenvalue weighted by Gasteiger charge is 2.00. The van der Waals surface area contributed by atoms with Crippen LogP contribution in [-0.4, -0.2) is 7.11 Å². The largest absolute Gasteiger partial charge is 0.497 e. The zero-order valence-corrected chi connectivity index (χ0v) is 10.2. The Bertz CT molecular complexity index is 457. The molecule has 2 rings (SSSR count). The topological polar surface area (TPSA) is 21.3 Å². The number of aryl methyl sites for hydroxylation is 1. The van der Waals surface area contributed by atoms with Gasteiger partial charge < -0.3 is 10.1 Å². The van der Waals surface area contributed by atoms with Crippen molar-refractivity contribution in [3.63, 3.8) is 0 Å². The van der Waals surface area contributed by atoms with E-state index in [1.54, 1.807) is 7.11 Å². The van der Waals surface area contributed by atoms with Crippen LogP contribution in [0, 0.1) is 0 Å². The second-order valence-corrected chi connectivity index (χ2v) is 3.91. The number of benzene rings is 2. The first kappa shape index (κ1) is 11.5. The molecule has 0 bridgehead atoms. The van der Waals surface area contributed by atoms with Gasteiger partial charge in [-0.15, -0.1) is 0 Å². The highest BCUT2D eigenvalue weighted by Crippen LogP contribution is 2.24. The summed E-state index contributed by atoms with van der Waals surface area (Å²) in [6.07, 6.45) is 1.00. The van der Waals surface area contributed by atoms with Gasteiger partial charge in [-0.2, -0.15) is 0 Å². The molecule has 0 heterocycles. The first-order chi connectivity index (χ1) is 8.31. The van der Waals surface area contributed by atoms with Crippen LogP contribution in [0.2, 0.25) is 0 Å². The maximum Gasteiger partial charge on any atom is 0.121 e. The van der Waals surface area contributed by atoms with E-state index in [9.17, 15) is 0 Å². The van der Waals surface area contributed by atoms with Gasteiger partial charge in [-0.25, -0.2) is 0 Å². The Labute approximate surface area is 102 Å². The summed E-state index contributed by atoms with van der Waals surface area (Å²) in [5.41, 5.74) is 3.41. The molecule has 0 spiro atoms. The van der Waals surface area contributed by atoms with Gasteiger partial charge in [0.1, 0.15) is 5.75 Å². The molecule has 2 nitrogen and oxygen atoms in total. The third-order valence-electron chi connectivity index (χ3n) is 2.67. The molecule has 2 heteroatoms. The molecule has 0 aliphatic carbocycles. The number of hydrogen-bond donors (Lipinski definition) is 1. The van der Waals surface area contributed by atoms with Crippen LogP contribution in [0.15, 0.2) is 48.5 Å². The van der Waals surface area contributed by atoms with Crippen molar-refractivity contribution in [2.45, 2.75) is 13.3 Å². The van der Waals surface area contributed by atoms with Crippen LogP contribution in [0.1, 0.15) is 12.5 Å². The van der Waals surface area contributed by atoms with Crippen LogP contribution in [0.3, 0.4) is 0 Å². The molecule has 0 unspecified atom stereocenters. The van der Waals surface area contributed by atoms with Crippen LogP contribution in [0.25, 0.3) is 0 Å². The molecule has 0 saturated heterocycles. The van der Waals surface area contributed by atoms with Crippen LogP contribution < -0.4 is 10.1 Å². The average molecular weight is 227 g/mol. The zero-order chi connectivity index (χ0) is 12.1. The van der Waals surface area contributed by atoms with Gasteiger partial charge in [0.05, 0.1) is 7.11 Å². The van der Waals surface area contributed by atoms with Crippen molar-refractivity contribution in [1.82, 2.24) is 0 Å². The molecule has 0 amide bonds. The minimum absolute atomic E-state index is 0.891. The molecule has 88 valence electrons. The van der Waals surface area contributed by atoms with Crippen LogP contribution in [0.5, 0.6) is 5.75 Å². The van der Waals surface area contributed by atoms with E-state index in [2.05, 4.69) is 24.4 Å². The highest BCUT2D eigenvalue weighted by atomic mass is 16.5. The summed E-state index contributed by atoms with van der Waals surface area (Å²) < 4.78 is 5.30. The summed E-state index contributed by atoms with van der Waals surface area (Å²) in [5.74, 6) is 0.891. The van der Waals surface area contributed by atoms with Gasteiger partial charge in [0.15, 0.2) is 0 Å². The standard InChI is InChI=1S/C15H17NO/c1-3-12-9-14(11-15(10-12)17-2)16-13-7-5-4-6-8-13/h4-11,16H,3H2,1-2H3. The number of methoxy groups -OCH3 is 1. The lowest BCUT2D eigenvalue weighted by Gasteiger charge is -2.10. The van der Waals surface area contributed by atoms with Gasteiger partial charge in [-0.1, -0.05) is 25.1 Å². The lowest BCUT2D eigenvalue weighted by Crippen LogP contribution is -1.93. The van der Waals surface area contributed by atoms with Gasteiger partial charge in [-0.3, -0.25) is 0 Å². The summed E-state index contributed by atoms with van der Waals surface area (Å²) in [6.45, 7) is 2.14. The van der Waals surface area contributed by atoms with E-state index in [0.29, 0.717) is 0 Å². The molecular formula is C15H17NO. The minimum atomic E-state index is 0.891. The molecule has 1 N–H and O–H groups in total. The lowest BCUT2D eigenvalue weighted by molar-refractivity contribution is 0.414. The summed E-state index contributed by atoms with van der Waals surface area (Å²) in [7, 11) is 1.70. The molecule has 0 atom stereocenters. The van der Waals surface area contributed by atoms with E-state index in [1.807, 2.05) is 36.4 Å². The second-order valence-electron chi connectivity index (χ2n) is 3.91. The molecule has 17 heavy (non-hydrogen) atoms. The second kappa shape index (κ2) is 5.39. The summed E-state index contributed by atoms with van der Waals surface area (Å²) >= 11 is 0. The Morgan fingerprint density at radius 3 is 2.41 bits per heavy atom. The quantitative estimate of drug-likeness (QED) is 0.852. The van der Waals surface area contributed by atoms with E-state index in [4.69, 9.17) is 4.74 Å². The Morgan fingerprint density at radius 2 is 1.76 bits per heavy atom. The number of anilines is 2. The summed E-state index contributed by atoms with van der Waals surface area (Å²) in [5, 5.41) is 3.37. The van der Waals surface area contributed by atoms with E-state index in [0.717, 1.165) is 23.5 Å². The molecule has 2 aromatic rings. The van der Waals surface area contributed by atoms with Gasteiger partial charge in [0.25, 0.3) is 0 Å². The molecular weight excluding hydrogens is 210 g/mol. The molecule has 2 aromatic carbocycles. The van der Waals surface area contributed by atoms with E-state index in [1.165, 1.54) is 5.56 Å². The highest BCUT2D eigenvalue weighted by molar-refractivity contribution is 5.62. The van der Waals surface area contributed by atoms with Gasteiger partial charge in [-0.05, 0) is 36.2 Å². The predicted molar refractivity (Wildman–Crippen MR) is 72.1 cm³/mol. The molecule has 0 aliphatic rings. The fourth-order valence-electron chi connectivity index (χ4n) is 1.74. The number of hydrogen-bond acceptors (Lipinski definition) is 2. The van der Waals surface area contributed by atoms with E-state index >= 15 is 0 Å². The van der Waals surface area contributed by atoms with Gasteiger partial charge >= 0.3 is 0 Å². The molecule has 0 radical (unpaired) electrons. The average Bonchev–Trinajstić information content (AvgIpc) is 2.39. The lowest BCUT2D eigenvalue weighted by atomic mass is 10.1. The normalized spacial score (nSPS) is 10.0. The van der Waals surface area contributed by atoms with Crippen molar-refractivity contribution >= 4 is 11.4 Å². The van der Waals surface area contributed by atoms with Crippen molar-refractivity contribution in [3.05, 3.63) is 54.1 Å². The van der Waals surface area contributed by atoms with E-state index < -0.39 is 0 Å². The fraction of sp³-hybridized carbons (Fsp3) is 0.200. The van der Waals surface area contributed by atoms with Crippen molar-refractivity contribution in [1.29, 1.82) is 0 Å². The Hall–Kier alpha value is -1.96.